The fourth-order valence-corrected chi connectivity index (χ4v) is 2.80. The lowest BCUT2D eigenvalue weighted by Crippen LogP contribution is -2.27. The highest BCUT2D eigenvalue weighted by molar-refractivity contribution is 5.46. The highest BCUT2D eigenvalue weighted by atomic mass is 16.1. The molecule has 2 aromatic carbocycles. The smallest absolute Gasteiger partial charge is 0.207 e. The minimum atomic E-state index is 0.296. The van der Waals surface area contributed by atoms with Crippen LogP contribution in [-0.2, 0) is 17.6 Å². The molecule has 2 rings (SSSR count). The summed E-state index contributed by atoms with van der Waals surface area (Å²) >= 11 is 0. The molecule has 1 N–H and O–H groups in total. The van der Waals surface area contributed by atoms with Crippen LogP contribution in [-0.4, -0.2) is 12.5 Å². The highest BCUT2D eigenvalue weighted by Crippen LogP contribution is 2.12. The van der Waals surface area contributed by atoms with E-state index in [0.717, 1.165) is 44.9 Å². The van der Waals surface area contributed by atoms with E-state index < -0.39 is 0 Å². The van der Waals surface area contributed by atoms with Crippen molar-refractivity contribution >= 4 is 6.41 Å². The van der Waals surface area contributed by atoms with Crippen LogP contribution >= 0.6 is 0 Å². The number of hydrogen-bond acceptors (Lipinski definition) is 1. The quantitative estimate of drug-likeness (QED) is 0.656. The SMILES string of the molecule is O=CNC(CCCc1ccccc1)CCCc1ccccc1. The maximum absolute atomic E-state index is 10.8. The van der Waals surface area contributed by atoms with Crippen LogP contribution in [0.2, 0.25) is 0 Å². The third-order valence-electron chi connectivity index (χ3n) is 4.03. The predicted octanol–water partition coefficient (Wildman–Crippen LogP) is 4.15. The van der Waals surface area contributed by atoms with Crippen molar-refractivity contribution in [2.24, 2.45) is 0 Å². The second kappa shape index (κ2) is 9.78. The molecule has 0 saturated heterocycles. The molecule has 0 heterocycles. The first kappa shape index (κ1) is 16.3. The number of hydrogen-bond donors (Lipinski definition) is 1. The summed E-state index contributed by atoms with van der Waals surface area (Å²) in [5.74, 6) is 0. The van der Waals surface area contributed by atoms with Gasteiger partial charge < -0.3 is 5.32 Å². The van der Waals surface area contributed by atoms with Crippen LogP contribution in [0.4, 0.5) is 0 Å². The van der Waals surface area contributed by atoms with Gasteiger partial charge in [-0.15, -0.1) is 0 Å². The normalized spacial score (nSPS) is 10.6. The number of benzene rings is 2. The summed E-state index contributed by atoms with van der Waals surface area (Å²) in [7, 11) is 0. The van der Waals surface area contributed by atoms with Gasteiger partial charge in [-0.05, 0) is 49.7 Å². The number of carbonyl (C=O) groups excluding carboxylic acids is 1. The van der Waals surface area contributed by atoms with Crippen molar-refractivity contribution in [2.75, 3.05) is 0 Å². The molecule has 0 spiro atoms. The first-order chi connectivity index (χ1) is 10.9. The molecule has 22 heavy (non-hydrogen) atoms. The summed E-state index contributed by atoms with van der Waals surface area (Å²) in [5, 5.41) is 2.97. The first-order valence-electron chi connectivity index (χ1n) is 8.16. The molecule has 0 radical (unpaired) electrons. The van der Waals surface area contributed by atoms with Crippen molar-refractivity contribution in [2.45, 2.75) is 44.6 Å². The average molecular weight is 295 g/mol. The molecule has 0 aromatic heterocycles. The van der Waals surface area contributed by atoms with Crippen LogP contribution in [0.3, 0.4) is 0 Å². The number of nitrogens with one attached hydrogen (secondary N) is 1. The Balaban J connectivity index is 1.69. The van der Waals surface area contributed by atoms with E-state index in [-0.39, 0.29) is 0 Å². The van der Waals surface area contributed by atoms with E-state index in [9.17, 15) is 4.79 Å². The molecule has 1 amide bonds. The summed E-state index contributed by atoms with van der Waals surface area (Å²) in [6.45, 7) is 0. The van der Waals surface area contributed by atoms with Crippen molar-refractivity contribution in [1.29, 1.82) is 0 Å². The molecule has 2 heteroatoms. The van der Waals surface area contributed by atoms with Gasteiger partial charge in [0.05, 0.1) is 0 Å². The molecule has 2 nitrogen and oxygen atoms in total. The van der Waals surface area contributed by atoms with Crippen LogP contribution in [0.15, 0.2) is 60.7 Å². The minimum Gasteiger partial charge on any atom is -0.356 e. The second-order valence-electron chi connectivity index (χ2n) is 5.74. The van der Waals surface area contributed by atoms with E-state index >= 15 is 0 Å². The van der Waals surface area contributed by atoms with Gasteiger partial charge in [0.1, 0.15) is 0 Å². The molecule has 0 unspecified atom stereocenters. The summed E-state index contributed by atoms with van der Waals surface area (Å²) in [6.07, 6.45) is 7.31. The van der Waals surface area contributed by atoms with Gasteiger partial charge in [0.2, 0.25) is 6.41 Å². The zero-order chi connectivity index (χ0) is 15.5. The maximum Gasteiger partial charge on any atom is 0.207 e. The summed E-state index contributed by atoms with van der Waals surface area (Å²) in [5.41, 5.74) is 2.74. The zero-order valence-corrected chi connectivity index (χ0v) is 13.1. The van der Waals surface area contributed by atoms with Gasteiger partial charge in [-0.25, -0.2) is 0 Å². The molecule has 0 bridgehead atoms. The third kappa shape index (κ3) is 6.13. The highest BCUT2D eigenvalue weighted by Gasteiger charge is 2.07. The molecular formula is C20H25NO. The molecule has 0 aliphatic rings. The lowest BCUT2D eigenvalue weighted by Gasteiger charge is -2.16. The van der Waals surface area contributed by atoms with E-state index in [1.165, 1.54) is 11.1 Å². The fraction of sp³-hybridized carbons (Fsp3) is 0.350. The predicted molar refractivity (Wildman–Crippen MR) is 91.7 cm³/mol. The van der Waals surface area contributed by atoms with E-state index in [1.54, 1.807) is 0 Å². The van der Waals surface area contributed by atoms with Gasteiger partial charge in [0.25, 0.3) is 0 Å². The van der Waals surface area contributed by atoms with Crippen molar-refractivity contribution in [3.8, 4) is 0 Å². The van der Waals surface area contributed by atoms with Gasteiger partial charge >= 0.3 is 0 Å². The van der Waals surface area contributed by atoms with Crippen LogP contribution in [0.5, 0.6) is 0 Å². The molecule has 116 valence electrons. The molecule has 2 aromatic rings. The van der Waals surface area contributed by atoms with Gasteiger partial charge in [-0.1, -0.05) is 60.7 Å². The lowest BCUT2D eigenvalue weighted by molar-refractivity contribution is -0.110. The Kier molecular flexibility index (Phi) is 7.24. The van der Waals surface area contributed by atoms with Gasteiger partial charge in [-0.2, -0.15) is 0 Å². The Morgan fingerprint density at radius 1 is 0.773 bits per heavy atom. The summed E-state index contributed by atoms with van der Waals surface area (Å²) in [4.78, 5) is 10.8. The van der Waals surface area contributed by atoms with Gasteiger partial charge in [-0.3, -0.25) is 4.79 Å². The van der Waals surface area contributed by atoms with E-state index in [4.69, 9.17) is 0 Å². The average Bonchev–Trinajstić information content (AvgIpc) is 2.57. The zero-order valence-electron chi connectivity index (χ0n) is 13.1. The molecule has 0 aliphatic carbocycles. The number of rotatable bonds is 10. The molecule has 0 fully saturated rings. The van der Waals surface area contributed by atoms with Crippen LogP contribution in [0.25, 0.3) is 0 Å². The number of aryl methyl sites for hydroxylation is 2. The minimum absolute atomic E-state index is 0.296. The largest absolute Gasteiger partial charge is 0.356 e. The third-order valence-corrected chi connectivity index (χ3v) is 4.03. The summed E-state index contributed by atoms with van der Waals surface area (Å²) in [6, 6.07) is 21.4. The van der Waals surface area contributed by atoms with Gasteiger partial charge in [0.15, 0.2) is 0 Å². The Labute approximate surface area is 133 Å². The topological polar surface area (TPSA) is 29.1 Å². The van der Waals surface area contributed by atoms with Crippen molar-refractivity contribution in [3.05, 3.63) is 71.8 Å². The van der Waals surface area contributed by atoms with Crippen LogP contribution < -0.4 is 5.32 Å². The Bertz CT molecular complexity index is 478. The molecule has 0 saturated carbocycles. The van der Waals surface area contributed by atoms with Gasteiger partial charge in [0, 0.05) is 6.04 Å². The molecular weight excluding hydrogens is 270 g/mol. The first-order valence-corrected chi connectivity index (χ1v) is 8.16. The fourth-order valence-electron chi connectivity index (χ4n) is 2.80. The maximum atomic E-state index is 10.8. The van der Waals surface area contributed by atoms with Crippen LogP contribution in [0, 0.1) is 0 Å². The Morgan fingerprint density at radius 3 is 1.64 bits per heavy atom. The number of carbonyl (C=O) groups is 1. The van der Waals surface area contributed by atoms with E-state index in [0.29, 0.717) is 6.04 Å². The van der Waals surface area contributed by atoms with Crippen molar-refractivity contribution < 1.29 is 4.79 Å². The lowest BCUT2D eigenvalue weighted by atomic mass is 9.99. The standard InChI is InChI=1S/C20H25NO/c22-17-21-20(15-7-13-18-9-3-1-4-10-18)16-8-14-19-11-5-2-6-12-19/h1-6,9-12,17,20H,7-8,13-16H2,(H,21,22). The van der Waals surface area contributed by atoms with Crippen molar-refractivity contribution in [1.82, 2.24) is 5.32 Å². The molecule has 0 aliphatic heterocycles. The molecule has 0 atom stereocenters. The summed E-state index contributed by atoms with van der Waals surface area (Å²) < 4.78 is 0. The van der Waals surface area contributed by atoms with E-state index in [1.807, 2.05) is 12.1 Å². The second-order valence-corrected chi connectivity index (χ2v) is 5.74. The van der Waals surface area contributed by atoms with Crippen molar-refractivity contribution in [3.63, 3.8) is 0 Å². The van der Waals surface area contributed by atoms with E-state index in [2.05, 4.69) is 53.8 Å². The van der Waals surface area contributed by atoms with Crippen LogP contribution in [0.1, 0.15) is 36.8 Å². The number of amides is 1. The monoisotopic (exact) mass is 295 g/mol. The Hall–Kier alpha value is -2.09. The Morgan fingerprint density at radius 2 is 1.23 bits per heavy atom.